The smallest absolute Gasteiger partial charge is 0.416 e. The molecule has 0 spiro atoms. The van der Waals surface area contributed by atoms with Crippen LogP contribution >= 0.6 is 0 Å². The molecule has 0 radical (unpaired) electrons. The summed E-state index contributed by atoms with van der Waals surface area (Å²) in [6.45, 7) is 8.09. The largest absolute Gasteiger partial charge is 0.489 e. The number of benzene rings is 1. The summed E-state index contributed by atoms with van der Waals surface area (Å²) in [5, 5.41) is 4.21. The van der Waals surface area contributed by atoms with Crippen molar-refractivity contribution in [3.05, 3.63) is 41.7 Å². The highest BCUT2D eigenvalue weighted by Crippen LogP contribution is 2.35. The highest BCUT2D eigenvalue weighted by atomic mass is 19.4. The Balaban J connectivity index is 1.65. The Morgan fingerprint density at radius 2 is 1.92 bits per heavy atom. The second kappa shape index (κ2) is 11.8. The maximum Gasteiger partial charge on any atom is 0.416 e. The van der Waals surface area contributed by atoms with Gasteiger partial charge in [0.2, 0.25) is 11.8 Å². The SMILES string of the molecule is CCC(CNC(=O)[C@@H]1CCCN1C(=O)[C@@H](N(N)/C=C(\N)C1CC1)C(C)(C)C)Oc1cccc(C(F)(F)F)c1. The van der Waals surface area contributed by atoms with Crippen LogP contribution in [0, 0.1) is 11.3 Å². The topological polar surface area (TPSA) is 114 Å². The Bertz CT molecular complexity index is 1020. The van der Waals surface area contributed by atoms with Crippen molar-refractivity contribution < 1.29 is 27.5 Å². The molecule has 2 amide bonds. The summed E-state index contributed by atoms with van der Waals surface area (Å²) < 4.78 is 44.8. The lowest BCUT2D eigenvalue weighted by Gasteiger charge is -2.39. The molecule has 1 aromatic rings. The summed E-state index contributed by atoms with van der Waals surface area (Å²) in [5.74, 6) is 6.13. The lowest BCUT2D eigenvalue weighted by Crippen LogP contribution is -2.58. The monoisotopic (exact) mass is 539 g/mol. The molecule has 3 atom stereocenters. The predicted molar refractivity (Wildman–Crippen MR) is 138 cm³/mol. The minimum atomic E-state index is -4.48. The Morgan fingerprint density at radius 1 is 1.24 bits per heavy atom. The molecule has 212 valence electrons. The fourth-order valence-corrected chi connectivity index (χ4v) is 4.71. The van der Waals surface area contributed by atoms with Gasteiger partial charge in [-0.05, 0) is 55.7 Å². The van der Waals surface area contributed by atoms with Gasteiger partial charge in [-0.25, -0.2) is 5.84 Å². The van der Waals surface area contributed by atoms with Crippen LogP contribution < -0.4 is 21.6 Å². The molecule has 3 rings (SSSR count). The van der Waals surface area contributed by atoms with Crippen molar-refractivity contribution in [2.45, 2.75) is 84.2 Å². The summed E-state index contributed by atoms with van der Waals surface area (Å²) in [5.41, 5.74) is 5.46. The number of ether oxygens (including phenoxy) is 1. The zero-order chi connectivity index (χ0) is 28.3. The first-order valence-electron chi connectivity index (χ1n) is 13.1. The van der Waals surface area contributed by atoms with Crippen LogP contribution in [-0.4, -0.2) is 53.0 Å². The maximum atomic E-state index is 13.7. The van der Waals surface area contributed by atoms with Crippen LogP contribution in [0.1, 0.15) is 65.4 Å². The van der Waals surface area contributed by atoms with Crippen molar-refractivity contribution in [3.8, 4) is 5.75 Å². The minimum Gasteiger partial charge on any atom is -0.489 e. The molecule has 2 fully saturated rings. The standard InChI is InChI=1S/C27H40F3N5O3/c1-5-19(38-20-9-6-8-18(14-20)27(28,29)30)15-33-24(36)22-10-7-13-34(22)25(37)23(26(2,3)4)35(32)16-21(31)17-11-12-17/h6,8-9,14,16-17,19,22-23H,5,7,10-13,15,31-32H2,1-4H3,(H,33,36)/b21-16-/t19?,22-,23+/m0/s1. The predicted octanol–water partition coefficient (Wildman–Crippen LogP) is 3.77. The summed E-state index contributed by atoms with van der Waals surface area (Å²) in [4.78, 5) is 28.4. The maximum absolute atomic E-state index is 13.7. The fourth-order valence-electron chi connectivity index (χ4n) is 4.71. The molecule has 8 nitrogen and oxygen atoms in total. The molecule has 0 aromatic heterocycles. The van der Waals surface area contributed by atoms with E-state index in [1.54, 1.807) is 11.1 Å². The number of nitrogens with one attached hydrogen (secondary N) is 1. The number of halogens is 3. The van der Waals surface area contributed by atoms with Crippen molar-refractivity contribution in [3.63, 3.8) is 0 Å². The van der Waals surface area contributed by atoms with Crippen molar-refractivity contribution in [2.24, 2.45) is 22.9 Å². The number of allylic oxidation sites excluding steroid dienone is 1. The number of hydrogen-bond donors (Lipinski definition) is 3. The Hall–Kier alpha value is -2.95. The van der Waals surface area contributed by atoms with Gasteiger partial charge in [0.1, 0.15) is 23.9 Å². The molecule has 1 aliphatic carbocycles. The molecule has 1 aliphatic heterocycles. The zero-order valence-corrected chi connectivity index (χ0v) is 22.6. The van der Waals surface area contributed by atoms with Crippen LogP contribution in [0.4, 0.5) is 13.2 Å². The van der Waals surface area contributed by atoms with Gasteiger partial charge in [0.15, 0.2) is 0 Å². The molecule has 1 heterocycles. The Morgan fingerprint density at radius 3 is 2.50 bits per heavy atom. The highest BCUT2D eigenvalue weighted by Gasteiger charge is 2.43. The number of nitrogens with two attached hydrogens (primary N) is 2. The third-order valence-electron chi connectivity index (χ3n) is 6.96. The van der Waals surface area contributed by atoms with Gasteiger partial charge < -0.3 is 25.7 Å². The Kier molecular flexibility index (Phi) is 9.22. The highest BCUT2D eigenvalue weighted by molar-refractivity contribution is 5.90. The number of likely N-dealkylation sites (tertiary alicyclic amines) is 1. The van der Waals surface area contributed by atoms with E-state index in [-0.39, 0.29) is 24.1 Å². The molecule has 1 unspecified atom stereocenters. The third-order valence-corrected chi connectivity index (χ3v) is 6.96. The van der Waals surface area contributed by atoms with Crippen molar-refractivity contribution >= 4 is 11.8 Å². The van der Waals surface area contributed by atoms with Gasteiger partial charge in [-0.2, -0.15) is 13.2 Å². The van der Waals surface area contributed by atoms with Crippen molar-refractivity contribution in [1.29, 1.82) is 0 Å². The summed E-state index contributed by atoms with van der Waals surface area (Å²) in [6.07, 6.45) is 0.278. The third kappa shape index (κ3) is 7.55. The van der Waals surface area contributed by atoms with E-state index in [1.807, 2.05) is 27.7 Å². The molecular weight excluding hydrogens is 499 g/mol. The van der Waals surface area contributed by atoms with Gasteiger partial charge in [0.05, 0.1) is 12.1 Å². The van der Waals surface area contributed by atoms with Crippen LogP contribution in [0.2, 0.25) is 0 Å². The van der Waals surface area contributed by atoms with Gasteiger partial charge in [-0.1, -0.05) is 33.8 Å². The Labute approximate surface area is 222 Å². The normalized spacial score (nSPS) is 20.2. The van der Waals surface area contributed by atoms with E-state index in [4.69, 9.17) is 16.3 Å². The van der Waals surface area contributed by atoms with E-state index in [9.17, 15) is 22.8 Å². The average molecular weight is 540 g/mol. The fraction of sp³-hybridized carbons (Fsp3) is 0.630. The second-order valence-electron chi connectivity index (χ2n) is 11.2. The number of hydrogen-bond acceptors (Lipinski definition) is 6. The minimum absolute atomic E-state index is 0.0770. The first-order chi connectivity index (χ1) is 17.7. The number of nitrogens with zero attached hydrogens (tertiary/aromatic N) is 2. The number of rotatable bonds is 10. The number of carbonyl (C=O) groups excluding carboxylic acids is 2. The van der Waals surface area contributed by atoms with E-state index in [0.29, 0.717) is 37.4 Å². The quantitative estimate of drug-likeness (QED) is 0.308. The molecule has 0 bridgehead atoms. The lowest BCUT2D eigenvalue weighted by molar-refractivity contribution is -0.145. The summed E-state index contributed by atoms with van der Waals surface area (Å²) in [6, 6.07) is 3.26. The van der Waals surface area contributed by atoms with Crippen LogP contribution in [0.5, 0.6) is 5.75 Å². The van der Waals surface area contributed by atoms with Gasteiger partial charge in [0, 0.05) is 24.4 Å². The van der Waals surface area contributed by atoms with Crippen molar-refractivity contribution in [1.82, 2.24) is 15.2 Å². The summed E-state index contributed by atoms with van der Waals surface area (Å²) >= 11 is 0. The lowest BCUT2D eigenvalue weighted by atomic mass is 9.85. The molecule has 38 heavy (non-hydrogen) atoms. The van der Waals surface area contributed by atoms with E-state index in [1.165, 1.54) is 17.1 Å². The van der Waals surface area contributed by atoms with Gasteiger partial charge >= 0.3 is 6.18 Å². The number of amides is 2. The van der Waals surface area contributed by atoms with Gasteiger partial charge in [0.25, 0.3) is 0 Å². The van der Waals surface area contributed by atoms with E-state index < -0.39 is 35.3 Å². The van der Waals surface area contributed by atoms with E-state index in [2.05, 4.69) is 5.32 Å². The number of carbonyl (C=O) groups is 2. The average Bonchev–Trinajstić information content (AvgIpc) is 3.56. The molecular formula is C27H40F3N5O3. The van der Waals surface area contributed by atoms with E-state index >= 15 is 0 Å². The molecule has 1 saturated carbocycles. The zero-order valence-electron chi connectivity index (χ0n) is 22.6. The summed E-state index contributed by atoms with van der Waals surface area (Å²) in [7, 11) is 0. The molecule has 1 aromatic carbocycles. The van der Waals surface area contributed by atoms with Crippen LogP contribution in [0.15, 0.2) is 36.2 Å². The molecule has 1 saturated heterocycles. The van der Waals surface area contributed by atoms with Gasteiger partial charge in [-0.15, -0.1) is 0 Å². The number of alkyl halides is 3. The van der Waals surface area contributed by atoms with Gasteiger partial charge in [-0.3, -0.25) is 9.59 Å². The first-order valence-corrected chi connectivity index (χ1v) is 13.1. The number of hydrazine groups is 1. The first kappa shape index (κ1) is 29.6. The van der Waals surface area contributed by atoms with E-state index in [0.717, 1.165) is 25.0 Å². The van der Waals surface area contributed by atoms with Crippen LogP contribution in [0.25, 0.3) is 0 Å². The van der Waals surface area contributed by atoms with Crippen molar-refractivity contribution in [2.75, 3.05) is 13.1 Å². The second-order valence-corrected chi connectivity index (χ2v) is 11.2. The molecule has 11 heteroatoms. The molecule has 5 N–H and O–H groups in total. The molecule has 2 aliphatic rings. The van der Waals surface area contributed by atoms with Crippen LogP contribution in [-0.2, 0) is 15.8 Å². The van der Waals surface area contributed by atoms with Crippen LogP contribution in [0.3, 0.4) is 0 Å².